The van der Waals surface area contributed by atoms with Crippen LogP contribution in [0.15, 0.2) is 0 Å². The molecule has 1 heterocycles. The first-order valence-electron chi connectivity index (χ1n) is 6.15. The highest BCUT2D eigenvalue weighted by Gasteiger charge is 2.43. The third-order valence-electron chi connectivity index (χ3n) is 3.13. The number of fused-ring (bicyclic) bond motifs is 1. The van der Waals surface area contributed by atoms with E-state index >= 15 is 0 Å². The van der Waals surface area contributed by atoms with Gasteiger partial charge in [-0.2, -0.15) is 18.3 Å². The van der Waals surface area contributed by atoms with Crippen LogP contribution < -0.4 is 0 Å². The minimum atomic E-state index is -4.76. The zero-order valence-corrected chi connectivity index (χ0v) is 10.6. The molecule has 10 heteroatoms. The van der Waals surface area contributed by atoms with Crippen LogP contribution in [-0.4, -0.2) is 27.9 Å². The summed E-state index contributed by atoms with van der Waals surface area (Å²) in [6.45, 7) is -0.802. The molecule has 1 atom stereocenters. The third kappa shape index (κ3) is 3.67. The van der Waals surface area contributed by atoms with E-state index in [9.17, 15) is 31.4 Å². The van der Waals surface area contributed by atoms with E-state index in [-0.39, 0.29) is 37.1 Å². The summed E-state index contributed by atoms with van der Waals surface area (Å²) in [7, 11) is 0. The maximum absolute atomic E-state index is 12.8. The molecule has 4 nitrogen and oxygen atoms in total. The Hall–Kier alpha value is -1.29. The lowest BCUT2D eigenvalue weighted by Gasteiger charge is -2.09. The van der Waals surface area contributed by atoms with Crippen LogP contribution in [0.2, 0.25) is 0 Å². The summed E-state index contributed by atoms with van der Waals surface area (Å²) in [5.74, 6) is 0. The van der Waals surface area contributed by atoms with Gasteiger partial charge in [0.25, 0.3) is 0 Å². The molecule has 0 fully saturated rings. The predicted octanol–water partition coefficient (Wildman–Crippen LogP) is 2.81. The highest BCUT2D eigenvalue weighted by atomic mass is 19.4. The molecule has 1 N–H and O–H groups in total. The maximum atomic E-state index is 12.8. The first-order chi connectivity index (χ1) is 9.59. The van der Waals surface area contributed by atoms with Crippen LogP contribution >= 0.6 is 0 Å². The largest absolute Gasteiger partial charge is 0.522 e. The van der Waals surface area contributed by atoms with E-state index in [1.165, 1.54) is 0 Å². The van der Waals surface area contributed by atoms with Gasteiger partial charge in [0.2, 0.25) is 0 Å². The van der Waals surface area contributed by atoms with Crippen LogP contribution in [0, 0.1) is 0 Å². The molecule has 1 aromatic heterocycles. The molecular weight excluding hydrogens is 306 g/mol. The molecular formula is C11H12F6N2O2. The fraction of sp³-hybridized carbons (Fsp3) is 0.727. The van der Waals surface area contributed by atoms with Gasteiger partial charge in [0.1, 0.15) is 0 Å². The van der Waals surface area contributed by atoms with Gasteiger partial charge in [0.05, 0.1) is 12.7 Å². The van der Waals surface area contributed by atoms with Crippen LogP contribution in [0.25, 0.3) is 0 Å². The van der Waals surface area contributed by atoms with Crippen molar-refractivity contribution in [1.29, 1.82) is 0 Å². The molecule has 1 aliphatic carbocycles. The van der Waals surface area contributed by atoms with Crippen LogP contribution in [0.3, 0.4) is 0 Å². The van der Waals surface area contributed by atoms with E-state index in [0.717, 1.165) is 4.68 Å². The third-order valence-corrected chi connectivity index (χ3v) is 3.13. The topological polar surface area (TPSA) is 47.3 Å². The number of hydrogen-bond donors (Lipinski definition) is 1. The van der Waals surface area contributed by atoms with Gasteiger partial charge < -0.3 is 5.11 Å². The highest BCUT2D eigenvalue weighted by Crippen LogP contribution is 2.41. The van der Waals surface area contributed by atoms with Gasteiger partial charge >= 0.3 is 12.5 Å². The number of ether oxygens (including phenoxy) is 1. The van der Waals surface area contributed by atoms with Crippen molar-refractivity contribution in [3.63, 3.8) is 0 Å². The number of aromatic nitrogens is 2. The SMILES string of the molecule is OC1CCc2c1c(C(F)(F)F)nn2CCCOC(F)(F)F. The lowest BCUT2D eigenvalue weighted by molar-refractivity contribution is -0.324. The number of rotatable bonds is 4. The van der Waals surface area contributed by atoms with E-state index in [1.807, 2.05) is 0 Å². The van der Waals surface area contributed by atoms with E-state index in [0.29, 0.717) is 0 Å². The summed E-state index contributed by atoms with van der Waals surface area (Å²) in [6, 6.07) is 0. The Kier molecular flexibility index (Phi) is 4.20. The fourth-order valence-corrected chi connectivity index (χ4v) is 2.34. The van der Waals surface area contributed by atoms with Gasteiger partial charge in [0.15, 0.2) is 5.69 Å². The molecule has 120 valence electrons. The molecule has 0 saturated heterocycles. The average molecular weight is 318 g/mol. The summed E-state index contributed by atoms with van der Waals surface area (Å²) >= 11 is 0. The van der Waals surface area contributed by atoms with Crippen molar-refractivity contribution < 1.29 is 36.2 Å². The van der Waals surface area contributed by atoms with Gasteiger partial charge in [-0.05, 0) is 19.3 Å². The molecule has 1 aliphatic rings. The van der Waals surface area contributed by atoms with Crippen molar-refractivity contribution in [3.8, 4) is 0 Å². The smallest absolute Gasteiger partial charge is 0.388 e. The van der Waals surface area contributed by atoms with Crippen LogP contribution in [0.4, 0.5) is 26.3 Å². The Morgan fingerprint density at radius 2 is 1.90 bits per heavy atom. The fourth-order valence-electron chi connectivity index (χ4n) is 2.34. The molecule has 0 radical (unpaired) electrons. The summed E-state index contributed by atoms with van der Waals surface area (Å²) in [5, 5.41) is 13.0. The minimum absolute atomic E-state index is 0.138. The number of halogens is 6. The number of nitrogens with zero attached hydrogens (tertiary/aromatic N) is 2. The second-order valence-electron chi connectivity index (χ2n) is 4.63. The van der Waals surface area contributed by atoms with Gasteiger partial charge in [-0.1, -0.05) is 0 Å². The summed E-state index contributed by atoms with van der Waals surface area (Å²) < 4.78 is 78.4. The van der Waals surface area contributed by atoms with Gasteiger partial charge in [-0.25, -0.2) is 0 Å². The van der Waals surface area contributed by atoms with Crippen molar-refractivity contribution in [2.24, 2.45) is 0 Å². The van der Waals surface area contributed by atoms with Crippen molar-refractivity contribution in [2.75, 3.05) is 6.61 Å². The molecule has 1 aromatic rings. The van der Waals surface area contributed by atoms with Crippen LogP contribution in [0.1, 0.15) is 35.9 Å². The van der Waals surface area contributed by atoms with Gasteiger partial charge in [-0.3, -0.25) is 9.42 Å². The molecule has 1 unspecified atom stereocenters. The number of aliphatic hydroxyl groups excluding tert-OH is 1. The molecule has 2 rings (SSSR count). The number of hydrogen-bond acceptors (Lipinski definition) is 3. The van der Waals surface area contributed by atoms with E-state index in [2.05, 4.69) is 9.84 Å². The number of aliphatic hydroxyl groups is 1. The Morgan fingerprint density at radius 3 is 2.48 bits per heavy atom. The molecule has 0 amide bonds. The normalized spacial score (nSPS) is 19.1. The number of aryl methyl sites for hydroxylation is 1. The van der Waals surface area contributed by atoms with E-state index in [1.54, 1.807) is 0 Å². The van der Waals surface area contributed by atoms with Crippen molar-refractivity contribution in [1.82, 2.24) is 9.78 Å². The zero-order chi connectivity index (χ0) is 15.8. The molecule has 0 aliphatic heterocycles. The molecule has 0 saturated carbocycles. The quantitative estimate of drug-likeness (QED) is 0.686. The molecule has 0 spiro atoms. The Balaban J connectivity index is 2.10. The summed E-state index contributed by atoms with van der Waals surface area (Å²) in [6.07, 6.45) is -10.5. The molecule has 21 heavy (non-hydrogen) atoms. The molecule has 0 aromatic carbocycles. The first kappa shape index (κ1) is 16.1. The summed E-state index contributed by atoms with van der Waals surface area (Å²) in [4.78, 5) is 0. The lowest BCUT2D eigenvalue weighted by Crippen LogP contribution is -2.16. The van der Waals surface area contributed by atoms with Crippen LogP contribution in [-0.2, 0) is 23.9 Å². The summed E-state index contributed by atoms with van der Waals surface area (Å²) in [5.41, 5.74) is -1.21. The Bertz CT molecular complexity index is 508. The first-order valence-corrected chi connectivity index (χ1v) is 6.15. The zero-order valence-electron chi connectivity index (χ0n) is 10.6. The second kappa shape index (κ2) is 5.48. The average Bonchev–Trinajstić information content (AvgIpc) is 2.85. The Morgan fingerprint density at radius 1 is 1.24 bits per heavy atom. The Labute approximate surface area is 115 Å². The highest BCUT2D eigenvalue weighted by molar-refractivity contribution is 5.34. The van der Waals surface area contributed by atoms with Gasteiger partial charge in [-0.15, -0.1) is 13.2 Å². The van der Waals surface area contributed by atoms with Gasteiger partial charge in [0, 0.05) is 17.8 Å². The second-order valence-corrected chi connectivity index (χ2v) is 4.63. The van der Waals surface area contributed by atoms with Crippen molar-refractivity contribution in [3.05, 3.63) is 17.0 Å². The van der Waals surface area contributed by atoms with Crippen molar-refractivity contribution in [2.45, 2.75) is 44.4 Å². The van der Waals surface area contributed by atoms with E-state index < -0.39 is 30.9 Å². The van der Waals surface area contributed by atoms with Crippen LogP contribution in [0.5, 0.6) is 0 Å². The maximum Gasteiger partial charge on any atom is 0.522 e. The molecule has 0 bridgehead atoms. The monoisotopic (exact) mass is 318 g/mol. The van der Waals surface area contributed by atoms with Crippen molar-refractivity contribution >= 4 is 0 Å². The lowest BCUT2D eigenvalue weighted by atomic mass is 10.1. The van der Waals surface area contributed by atoms with E-state index in [4.69, 9.17) is 0 Å². The standard InChI is InChI=1S/C11H12F6N2O2/c12-10(13,14)9-8-6(2-3-7(8)20)19(18-9)4-1-5-21-11(15,16)17/h7,20H,1-5H2. The number of alkyl halides is 6. The predicted molar refractivity (Wildman–Crippen MR) is 57.1 cm³/mol. The minimum Gasteiger partial charge on any atom is -0.388 e.